The topological polar surface area (TPSA) is 84.6 Å². The summed E-state index contributed by atoms with van der Waals surface area (Å²) in [4.78, 5) is 22.7. The van der Waals surface area contributed by atoms with Gasteiger partial charge in [-0.05, 0) is 36.5 Å². The average Bonchev–Trinajstić information content (AvgIpc) is 2.58. The van der Waals surface area contributed by atoms with E-state index < -0.39 is 10.8 Å². The fourth-order valence-electron chi connectivity index (χ4n) is 2.42. The maximum atomic E-state index is 12.2. The molecule has 0 saturated carbocycles. The summed E-state index contributed by atoms with van der Waals surface area (Å²) in [5.41, 5.74) is 5.90. The summed E-state index contributed by atoms with van der Waals surface area (Å²) in [5, 5.41) is 15.1. The van der Waals surface area contributed by atoms with Crippen LogP contribution in [0.4, 0.5) is 5.69 Å². The molecule has 1 N–H and O–H groups in total. The number of nitrogens with zero attached hydrogens (tertiary/aromatic N) is 2. The van der Waals surface area contributed by atoms with E-state index in [0.29, 0.717) is 11.3 Å². The molecule has 0 spiro atoms. The van der Waals surface area contributed by atoms with Crippen molar-refractivity contribution in [3.8, 4) is 0 Å². The van der Waals surface area contributed by atoms with Gasteiger partial charge >= 0.3 is 0 Å². The number of nitro benzene ring substituents is 1. The zero-order valence-corrected chi connectivity index (χ0v) is 15.7. The first kappa shape index (κ1) is 19.3. The molecule has 0 radical (unpaired) electrons. The minimum absolute atomic E-state index is 0.0674. The molecule has 26 heavy (non-hydrogen) atoms. The number of carbonyl (C=O) groups is 1. The van der Waals surface area contributed by atoms with Gasteiger partial charge in [-0.25, -0.2) is 5.43 Å². The third-order valence-corrected chi connectivity index (χ3v) is 4.16. The van der Waals surface area contributed by atoms with Crippen molar-refractivity contribution in [1.82, 2.24) is 5.43 Å². The molecule has 0 bridgehead atoms. The maximum Gasteiger partial charge on any atom is 0.273 e. The van der Waals surface area contributed by atoms with Gasteiger partial charge in [-0.1, -0.05) is 51.1 Å². The molecule has 6 heteroatoms. The summed E-state index contributed by atoms with van der Waals surface area (Å²) < 4.78 is 0. The summed E-state index contributed by atoms with van der Waals surface area (Å²) in [6, 6.07) is 12.4. The van der Waals surface area contributed by atoms with E-state index in [0.717, 1.165) is 5.56 Å². The Hall–Kier alpha value is -3.02. The standard InChI is InChI=1S/C20H23N3O3/c1-13-6-7-16(12-18(13)23(25)26)19(24)22-21-14(2)15-8-10-17(11-9-15)20(3,4)5/h6-12H,1-5H3,(H,22,24)/b21-14-. The van der Waals surface area contributed by atoms with Crippen molar-refractivity contribution in [2.75, 3.05) is 0 Å². The molecule has 2 aromatic rings. The Labute approximate surface area is 153 Å². The highest BCUT2D eigenvalue weighted by Crippen LogP contribution is 2.22. The Morgan fingerprint density at radius 3 is 2.19 bits per heavy atom. The van der Waals surface area contributed by atoms with Gasteiger partial charge in [-0.15, -0.1) is 0 Å². The Morgan fingerprint density at radius 2 is 1.65 bits per heavy atom. The molecule has 0 aliphatic carbocycles. The highest BCUT2D eigenvalue weighted by atomic mass is 16.6. The quantitative estimate of drug-likeness (QED) is 0.503. The second-order valence-electron chi connectivity index (χ2n) is 7.22. The molecular weight excluding hydrogens is 330 g/mol. The van der Waals surface area contributed by atoms with Crippen molar-refractivity contribution in [3.63, 3.8) is 0 Å². The molecule has 0 fully saturated rings. The first-order valence-electron chi connectivity index (χ1n) is 8.30. The van der Waals surface area contributed by atoms with Gasteiger partial charge in [0.05, 0.1) is 10.6 Å². The summed E-state index contributed by atoms with van der Waals surface area (Å²) in [6.45, 7) is 9.85. The van der Waals surface area contributed by atoms with E-state index in [9.17, 15) is 14.9 Å². The number of hydrogen-bond acceptors (Lipinski definition) is 4. The van der Waals surface area contributed by atoms with Crippen molar-refractivity contribution >= 4 is 17.3 Å². The van der Waals surface area contributed by atoms with Crippen LogP contribution < -0.4 is 5.43 Å². The molecule has 2 rings (SSSR count). The minimum Gasteiger partial charge on any atom is -0.267 e. The fourth-order valence-corrected chi connectivity index (χ4v) is 2.42. The van der Waals surface area contributed by atoms with E-state index in [1.807, 2.05) is 24.3 Å². The van der Waals surface area contributed by atoms with Gasteiger partial charge in [-0.2, -0.15) is 5.10 Å². The number of hydrogen-bond donors (Lipinski definition) is 1. The van der Waals surface area contributed by atoms with Crippen LogP contribution >= 0.6 is 0 Å². The zero-order valence-electron chi connectivity index (χ0n) is 15.7. The van der Waals surface area contributed by atoms with E-state index >= 15 is 0 Å². The van der Waals surface area contributed by atoms with Crippen LogP contribution in [0.2, 0.25) is 0 Å². The SMILES string of the molecule is C/C(=N/NC(=O)c1ccc(C)c([N+](=O)[O-])c1)c1ccc(C(C)(C)C)cc1. The van der Waals surface area contributed by atoms with E-state index in [1.54, 1.807) is 26.0 Å². The predicted octanol–water partition coefficient (Wildman–Crippen LogP) is 4.35. The van der Waals surface area contributed by atoms with E-state index in [1.165, 1.54) is 11.6 Å². The van der Waals surface area contributed by atoms with Crippen LogP contribution in [0.15, 0.2) is 47.6 Å². The van der Waals surface area contributed by atoms with Crippen LogP contribution in [0.1, 0.15) is 54.7 Å². The Morgan fingerprint density at radius 1 is 1.08 bits per heavy atom. The molecule has 0 aliphatic heterocycles. The van der Waals surface area contributed by atoms with Crippen LogP contribution in [-0.4, -0.2) is 16.5 Å². The lowest BCUT2D eigenvalue weighted by atomic mass is 9.86. The number of nitro groups is 1. The van der Waals surface area contributed by atoms with Crippen molar-refractivity contribution < 1.29 is 9.72 Å². The van der Waals surface area contributed by atoms with Crippen molar-refractivity contribution in [3.05, 3.63) is 74.8 Å². The number of carbonyl (C=O) groups excluding carboxylic acids is 1. The number of hydrazone groups is 1. The normalized spacial score (nSPS) is 12.0. The van der Waals surface area contributed by atoms with Gasteiger partial charge in [0.25, 0.3) is 11.6 Å². The second kappa shape index (κ2) is 7.47. The monoisotopic (exact) mass is 353 g/mol. The summed E-state index contributed by atoms with van der Waals surface area (Å²) in [5.74, 6) is -0.487. The van der Waals surface area contributed by atoms with Gasteiger partial charge in [-0.3, -0.25) is 14.9 Å². The van der Waals surface area contributed by atoms with Gasteiger partial charge in [0, 0.05) is 17.2 Å². The van der Waals surface area contributed by atoms with Crippen LogP contribution in [0.25, 0.3) is 0 Å². The number of amides is 1. The maximum absolute atomic E-state index is 12.2. The van der Waals surface area contributed by atoms with Gasteiger partial charge < -0.3 is 0 Å². The second-order valence-corrected chi connectivity index (χ2v) is 7.22. The molecule has 0 unspecified atom stereocenters. The Bertz CT molecular complexity index is 863. The lowest BCUT2D eigenvalue weighted by molar-refractivity contribution is -0.385. The van der Waals surface area contributed by atoms with Gasteiger partial charge in [0.1, 0.15) is 0 Å². The molecule has 0 atom stereocenters. The van der Waals surface area contributed by atoms with Crippen LogP contribution in [-0.2, 0) is 5.41 Å². The van der Waals surface area contributed by atoms with E-state index in [-0.39, 0.29) is 16.7 Å². The third kappa shape index (κ3) is 4.53. The third-order valence-electron chi connectivity index (χ3n) is 4.16. The molecule has 2 aromatic carbocycles. The lowest BCUT2D eigenvalue weighted by Crippen LogP contribution is -2.19. The predicted molar refractivity (Wildman–Crippen MR) is 103 cm³/mol. The van der Waals surface area contributed by atoms with Crippen molar-refractivity contribution in [2.24, 2.45) is 5.10 Å². The van der Waals surface area contributed by atoms with Crippen LogP contribution in [0.3, 0.4) is 0 Å². The highest BCUT2D eigenvalue weighted by molar-refractivity contribution is 6.01. The van der Waals surface area contributed by atoms with Crippen molar-refractivity contribution in [1.29, 1.82) is 0 Å². The van der Waals surface area contributed by atoms with Gasteiger partial charge in [0.15, 0.2) is 0 Å². The first-order valence-corrected chi connectivity index (χ1v) is 8.30. The van der Waals surface area contributed by atoms with E-state index in [4.69, 9.17) is 0 Å². The number of benzene rings is 2. The van der Waals surface area contributed by atoms with Crippen molar-refractivity contribution in [2.45, 2.75) is 40.0 Å². The summed E-state index contributed by atoms with van der Waals surface area (Å²) >= 11 is 0. The van der Waals surface area contributed by atoms with Crippen LogP contribution in [0, 0.1) is 17.0 Å². The molecular formula is C20H23N3O3. The molecule has 0 saturated heterocycles. The number of aryl methyl sites for hydroxylation is 1. The smallest absolute Gasteiger partial charge is 0.267 e. The van der Waals surface area contributed by atoms with Crippen LogP contribution in [0.5, 0.6) is 0 Å². The number of nitrogens with one attached hydrogen (secondary N) is 1. The average molecular weight is 353 g/mol. The molecule has 136 valence electrons. The zero-order chi connectivity index (χ0) is 19.5. The fraction of sp³-hybridized carbons (Fsp3) is 0.300. The lowest BCUT2D eigenvalue weighted by Gasteiger charge is -2.19. The van der Waals surface area contributed by atoms with E-state index in [2.05, 4.69) is 31.3 Å². The summed E-state index contributed by atoms with van der Waals surface area (Å²) in [6.07, 6.45) is 0. The molecule has 0 aromatic heterocycles. The molecule has 1 amide bonds. The highest BCUT2D eigenvalue weighted by Gasteiger charge is 2.15. The first-order chi connectivity index (χ1) is 12.1. The molecule has 0 aliphatic rings. The largest absolute Gasteiger partial charge is 0.273 e. The molecule has 6 nitrogen and oxygen atoms in total. The summed E-state index contributed by atoms with van der Waals surface area (Å²) in [7, 11) is 0. The Balaban J connectivity index is 2.14. The molecule has 0 heterocycles. The Kier molecular flexibility index (Phi) is 5.55. The number of rotatable bonds is 4. The van der Waals surface area contributed by atoms with Gasteiger partial charge in [0.2, 0.25) is 0 Å². The minimum atomic E-state index is -0.503.